The maximum absolute atomic E-state index is 11.8. The van der Waals surface area contributed by atoms with Gasteiger partial charge in [-0.3, -0.25) is 9.78 Å². The zero-order chi connectivity index (χ0) is 12.6. The van der Waals surface area contributed by atoms with Gasteiger partial charge in [0.2, 0.25) is 5.91 Å². The molecule has 1 amide bonds. The standard InChI is InChI=1S/C11H14N2O3S/c1-7-5-10(7)11(14)13-17(15,16)9-4-3-8(2)12-6-9/h3-4,6-7,10H,5H2,1-2H3,(H,13,14). The normalized spacial score (nSPS) is 23.2. The third-order valence-electron chi connectivity index (χ3n) is 2.88. The van der Waals surface area contributed by atoms with E-state index in [2.05, 4.69) is 9.71 Å². The molecule has 17 heavy (non-hydrogen) atoms. The van der Waals surface area contributed by atoms with Gasteiger partial charge >= 0.3 is 0 Å². The van der Waals surface area contributed by atoms with Crippen molar-refractivity contribution >= 4 is 15.9 Å². The Kier molecular flexibility index (Phi) is 2.91. The van der Waals surface area contributed by atoms with Gasteiger partial charge in [0.25, 0.3) is 10.0 Å². The van der Waals surface area contributed by atoms with Crippen LogP contribution in [0.5, 0.6) is 0 Å². The predicted molar refractivity (Wildman–Crippen MR) is 61.6 cm³/mol. The summed E-state index contributed by atoms with van der Waals surface area (Å²) in [6.45, 7) is 3.69. The van der Waals surface area contributed by atoms with Crippen LogP contribution in [0.2, 0.25) is 0 Å². The largest absolute Gasteiger partial charge is 0.274 e. The lowest BCUT2D eigenvalue weighted by Gasteiger charge is -2.06. The number of nitrogens with one attached hydrogen (secondary N) is 1. The molecule has 0 saturated heterocycles. The van der Waals surface area contributed by atoms with E-state index in [9.17, 15) is 13.2 Å². The number of aryl methyl sites for hydroxylation is 1. The first-order valence-electron chi connectivity index (χ1n) is 5.39. The summed E-state index contributed by atoms with van der Waals surface area (Å²) in [7, 11) is -3.77. The molecule has 1 aromatic rings. The summed E-state index contributed by atoms with van der Waals surface area (Å²) in [6, 6.07) is 3.03. The molecule has 1 N–H and O–H groups in total. The molecule has 1 heterocycles. The fourth-order valence-corrected chi connectivity index (χ4v) is 2.54. The van der Waals surface area contributed by atoms with Gasteiger partial charge < -0.3 is 0 Å². The summed E-state index contributed by atoms with van der Waals surface area (Å²) in [6.07, 6.45) is 2.01. The molecule has 1 fully saturated rings. The molecule has 1 aliphatic rings. The van der Waals surface area contributed by atoms with Crippen molar-refractivity contribution in [3.8, 4) is 0 Å². The molecule has 0 spiro atoms. The summed E-state index contributed by atoms with van der Waals surface area (Å²) < 4.78 is 25.7. The molecule has 1 aliphatic carbocycles. The molecule has 92 valence electrons. The quantitative estimate of drug-likeness (QED) is 0.867. The van der Waals surface area contributed by atoms with Gasteiger partial charge in [0, 0.05) is 17.8 Å². The van der Waals surface area contributed by atoms with Gasteiger partial charge in [-0.15, -0.1) is 0 Å². The van der Waals surface area contributed by atoms with Gasteiger partial charge in [0.15, 0.2) is 0 Å². The minimum absolute atomic E-state index is 0.0183. The second kappa shape index (κ2) is 4.10. The fraction of sp³-hybridized carbons (Fsp3) is 0.455. The summed E-state index contributed by atoms with van der Waals surface area (Å²) in [5, 5.41) is 0. The number of carbonyl (C=O) groups is 1. The van der Waals surface area contributed by atoms with Crippen LogP contribution in [0.1, 0.15) is 19.0 Å². The van der Waals surface area contributed by atoms with Gasteiger partial charge in [0.05, 0.1) is 0 Å². The Labute approximate surface area is 100 Å². The number of carbonyl (C=O) groups excluding carboxylic acids is 1. The van der Waals surface area contributed by atoms with Crippen LogP contribution in [-0.4, -0.2) is 19.3 Å². The molecule has 2 atom stereocenters. The van der Waals surface area contributed by atoms with E-state index in [4.69, 9.17) is 0 Å². The Morgan fingerprint density at radius 2 is 2.12 bits per heavy atom. The summed E-state index contributed by atoms with van der Waals surface area (Å²) in [5.74, 6) is -0.303. The number of hydrogen-bond donors (Lipinski definition) is 1. The van der Waals surface area contributed by atoms with Crippen LogP contribution in [0, 0.1) is 18.8 Å². The van der Waals surface area contributed by atoms with Crippen LogP contribution >= 0.6 is 0 Å². The lowest BCUT2D eigenvalue weighted by molar-refractivity contribution is -0.120. The fourth-order valence-electron chi connectivity index (χ4n) is 1.57. The van der Waals surface area contributed by atoms with Crippen LogP contribution in [0.3, 0.4) is 0 Å². The van der Waals surface area contributed by atoms with E-state index in [0.29, 0.717) is 0 Å². The van der Waals surface area contributed by atoms with Crippen molar-refractivity contribution in [3.63, 3.8) is 0 Å². The van der Waals surface area contributed by atoms with Gasteiger partial charge in [-0.25, -0.2) is 13.1 Å². The first-order chi connectivity index (χ1) is 7.90. The number of rotatable bonds is 3. The van der Waals surface area contributed by atoms with Crippen LogP contribution in [0.25, 0.3) is 0 Å². The Balaban J connectivity index is 2.13. The number of sulfonamides is 1. The molecule has 6 heteroatoms. The van der Waals surface area contributed by atoms with E-state index < -0.39 is 15.9 Å². The first kappa shape index (κ1) is 12.0. The molecule has 2 rings (SSSR count). The van der Waals surface area contributed by atoms with Crippen molar-refractivity contribution in [2.45, 2.75) is 25.2 Å². The highest BCUT2D eigenvalue weighted by Gasteiger charge is 2.40. The zero-order valence-electron chi connectivity index (χ0n) is 9.67. The number of pyridine rings is 1. The molecule has 0 aliphatic heterocycles. The molecular weight excluding hydrogens is 240 g/mol. The van der Waals surface area contributed by atoms with Gasteiger partial charge in [-0.2, -0.15) is 0 Å². The number of hydrogen-bond acceptors (Lipinski definition) is 4. The van der Waals surface area contributed by atoms with E-state index in [0.717, 1.165) is 12.1 Å². The molecule has 1 aromatic heterocycles. The minimum atomic E-state index is -3.77. The van der Waals surface area contributed by atoms with Crippen LogP contribution in [-0.2, 0) is 14.8 Å². The highest BCUT2D eigenvalue weighted by Crippen LogP contribution is 2.37. The predicted octanol–water partition coefficient (Wildman–Crippen LogP) is 0.851. The lowest BCUT2D eigenvalue weighted by atomic mass is 10.3. The highest BCUT2D eigenvalue weighted by atomic mass is 32.2. The van der Waals surface area contributed by atoms with E-state index in [-0.39, 0.29) is 16.7 Å². The van der Waals surface area contributed by atoms with E-state index >= 15 is 0 Å². The lowest BCUT2D eigenvalue weighted by Crippen LogP contribution is -2.32. The summed E-state index contributed by atoms with van der Waals surface area (Å²) in [4.78, 5) is 15.5. The van der Waals surface area contributed by atoms with Crippen molar-refractivity contribution < 1.29 is 13.2 Å². The average molecular weight is 254 g/mol. The van der Waals surface area contributed by atoms with Crippen molar-refractivity contribution in [1.29, 1.82) is 0 Å². The van der Waals surface area contributed by atoms with Crippen LogP contribution in [0.15, 0.2) is 23.2 Å². The maximum atomic E-state index is 11.8. The van der Waals surface area contributed by atoms with E-state index in [1.54, 1.807) is 13.0 Å². The maximum Gasteiger partial charge on any atom is 0.265 e. The Bertz CT molecular complexity index is 536. The second-order valence-electron chi connectivity index (χ2n) is 4.42. The Morgan fingerprint density at radius 3 is 2.59 bits per heavy atom. The monoisotopic (exact) mass is 254 g/mol. The average Bonchev–Trinajstić information content (AvgIpc) is 2.95. The molecular formula is C11H14N2O3S. The van der Waals surface area contributed by atoms with Crippen molar-refractivity contribution in [1.82, 2.24) is 9.71 Å². The van der Waals surface area contributed by atoms with Crippen LogP contribution < -0.4 is 4.72 Å². The van der Waals surface area contributed by atoms with E-state index in [1.807, 2.05) is 6.92 Å². The summed E-state index contributed by atoms with van der Waals surface area (Å²) >= 11 is 0. The third kappa shape index (κ3) is 2.63. The second-order valence-corrected chi connectivity index (χ2v) is 6.11. The number of amides is 1. The number of nitrogens with zero attached hydrogens (tertiary/aromatic N) is 1. The molecule has 5 nitrogen and oxygen atoms in total. The molecule has 1 saturated carbocycles. The highest BCUT2D eigenvalue weighted by molar-refractivity contribution is 7.90. The van der Waals surface area contributed by atoms with Crippen molar-refractivity contribution in [2.75, 3.05) is 0 Å². The topological polar surface area (TPSA) is 76.1 Å². The Hall–Kier alpha value is -1.43. The van der Waals surface area contributed by atoms with Gasteiger partial charge in [-0.05, 0) is 31.4 Å². The minimum Gasteiger partial charge on any atom is -0.274 e. The van der Waals surface area contributed by atoms with Crippen molar-refractivity contribution in [3.05, 3.63) is 24.0 Å². The SMILES string of the molecule is Cc1ccc(S(=O)(=O)NC(=O)C2CC2C)cn1. The van der Waals surface area contributed by atoms with Gasteiger partial charge in [0.1, 0.15) is 4.90 Å². The smallest absolute Gasteiger partial charge is 0.265 e. The molecule has 0 radical (unpaired) electrons. The van der Waals surface area contributed by atoms with E-state index in [1.165, 1.54) is 12.3 Å². The van der Waals surface area contributed by atoms with Crippen LogP contribution in [0.4, 0.5) is 0 Å². The molecule has 0 aromatic carbocycles. The first-order valence-corrected chi connectivity index (χ1v) is 6.88. The van der Waals surface area contributed by atoms with Gasteiger partial charge in [-0.1, -0.05) is 6.92 Å². The number of aromatic nitrogens is 1. The molecule has 0 bridgehead atoms. The Morgan fingerprint density at radius 1 is 1.47 bits per heavy atom. The molecule has 2 unspecified atom stereocenters. The van der Waals surface area contributed by atoms with Crippen molar-refractivity contribution in [2.24, 2.45) is 11.8 Å². The zero-order valence-corrected chi connectivity index (χ0v) is 10.5. The third-order valence-corrected chi connectivity index (χ3v) is 4.21. The summed E-state index contributed by atoms with van der Waals surface area (Å²) in [5.41, 5.74) is 0.728.